The summed E-state index contributed by atoms with van der Waals surface area (Å²) in [5.41, 5.74) is 3.81. The summed E-state index contributed by atoms with van der Waals surface area (Å²) in [6.45, 7) is 8.65. The lowest BCUT2D eigenvalue weighted by Crippen LogP contribution is -2.42. The predicted molar refractivity (Wildman–Crippen MR) is 137 cm³/mol. The van der Waals surface area contributed by atoms with Crippen molar-refractivity contribution >= 4 is 16.7 Å². The monoisotopic (exact) mass is 437 g/mol. The van der Waals surface area contributed by atoms with Gasteiger partial charge in [-0.25, -0.2) is 0 Å². The Bertz CT molecular complexity index is 1220. The van der Waals surface area contributed by atoms with Crippen molar-refractivity contribution in [2.24, 2.45) is 0 Å². The highest BCUT2D eigenvalue weighted by Gasteiger charge is 2.27. The molecule has 0 aliphatic carbocycles. The van der Waals surface area contributed by atoms with Crippen molar-refractivity contribution in [3.8, 4) is 16.9 Å². The molecule has 168 valence electrons. The van der Waals surface area contributed by atoms with Crippen molar-refractivity contribution in [1.82, 2.24) is 4.90 Å². The molecule has 0 spiro atoms. The Kier molecular flexibility index (Phi) is 6.79. The van der Waals surface area contributed by atoms with E-state index in [0.29, 0.717) is 17.9 Å². The lowest BCUT2D eigenvalue weighted by Gasteiger charge is -2.32. The SMILES string of the molecule is CC(C)N(C(=O)c1c(OCc2ccccc2)ccc2cccc(-c3ccccc3)c12)C(C)C. The van der Waals surface area contributed by atoms with E-state index >= 15 is 0 Å². The van der Waals surface area contributed by atoms with E-state index in [1.165, 1.54) is 0 Å². The number of hydrogen-bond acceptors (Lipinski definition) is 2. The molecule has 1 amide bonds. The molecule has 0 heterocycles. The highest BCUT2D eigenvalue weighted by molar-refractivity contribution is 6.14. The maximum atomic E-state index is 14.1. The third-order valence-electron chi connectivity index (χ3n) is 5.89. The average molecular weight is 438 g/mol. The summed E-state index contributed by atoms with van der Waals surface area (Å²) in [5.74, 6) is 0.614. The number of amides is 1. The molecule has 0 saturated heterocycles. The molecule has 0 atom stereocenters. The van der Waals surface area contributed by atoms with Crippen LogP contribution in [0.1, 0.15) is 43.6 Å². The van der Waals surface area contributed by atoms with Crippen LogP contribution >= 0.6 is 0 Å². The van der Waals surface area contributed by atoms with Gasteiger partial charge in [0.2, 0.25) is 0 Å². The molecular weight excluding hydrogens is 406 g/mol. The van der Waals surface area contributed by atoms with Gasteiger partial charge >= 0.3 is 0 Å². The molecule has 0 aliphatic rings. The van der Waals surface area contributed by atoms with Gasteiger partial charge in [-0.05, 0) is 55.8 Å². The van der Waals surface area contributed by atoms with Gasteiger partial charge in [0.25, 0.3) is 5.91 Å². The van der Waals surface area contributed by atoms with Crippen LogP contribution in [0.15, 0.2) is 91.0 Å². The summed E-state index contributed by atoms with van der Waals surface area (Å²) in [6.07, 6.45) is 0. The van der Waals surface area contributed by atoms with Crippen molar-refractivity contribution < 1.29 is 9.53 Å². The fourth-order valence-electron chi connectivity index (χ4n) is 4.48. The third kappa shape index (κ3) is 4.78. The second kappa shape index (κ2) is 9.91. The molecule has 33 heavy (non-hydrogen) atoms. The molecule has 0 fully saturated rings. The third-order valence-corrected chi connectivity index (χ3v) is 5.89. The lowest BCUT2D eigenvalue weighted by molar-refractivity contribution is 0.0641. The summed E-state index contributed by atoms with van der Waals surface area (Å²) in [5, 5.41) is 1.96. The minimum absolute atomic E-state index is 0.00274. The van der Waals surface area contributed by atoms with E-state index in [2.05, 4.69) is 52.0 Å². The second-order valence-corrected chi connectivity index (χ2v) is 8.88. The van der Waals surface area contributed by atoms with Gasteiger partial charge in [0, 0.05) is 17.5 Å². The first-order valence-electron chi connectivity index (χ1n) is 11.6. The van der Waals surface area contributed by atoms with Gasteiger partial charge in [0.1, 0.15) is 12.4 Å². The molecule has 0 bridgehead atoms. The number of hydrogen-bond donors (Lipinski definition) is 0. The van der Waals surface area contributed by atoms with Crippen LogP contribution in [0.5, 0.6) is 5.75 Å². The van der Waals surface area contributed by atoms with E-state index in [1.807, 2.05) is 71.6 Å². The molecule has 0 unspecified atom stereocenters. The van der Waals surface area contributed by atoms with Gasteiger partial charge in [-0.15, -0.1) is 0 Å². The van der Waals surface area contributed by atoms with Crippen molar-refractivity contribution in [1.29, 1.82) is 0 Å². The van der Waals surface area contributed by atoms with Gasteiger partial charge < -0.3 is 9.64 Å². The number of rotatable bonds is 7. The molecule has 4 rings (SSSR count). The molecule has 3 heteroatoms. The Morgan fingerprint density at radius 2 is 1.39 bits per heavy atom. The summed E-state index contributed by atoms with van der Waals surface area (Å²) in [4.78, 5) is 16.0. The quantitative estimate of drug-likeness (QED) is 0.303. The Labute approximate surface area is 196 Å². The average Bonchev–Trinajstić information content (AvgIpc) is 2.82. The van der Waals surface area contributed by atoms with Crippen LogP contribution in [0.25, 0.3) is 21.9 Å². The summed E-state index contributed by atoms with van der Waals surface area (Å²) < 4.78 is 6.31. The van der Waals surface area contributed by atoms with E-state index in [0.717, 1.165) is 27.5 Å². The van der Waals surface area contributed by atoms with Crippen LogP contribution in [-0.2, 0) is 6.61 Å². The van der Waals surface area contributed by atoms with Gasteiger partial charge in [-0.3, -0.25) is 4.79 Å². The molecule has 0 N–H and O–H groups in total. The van der Waals surface area contributed by atoms with Crippen molar-refractivity contribution in [2.45, 2.75) is 46.4 Å². The van der Waals surface area contributed by atoms with Crippen LogP contribution in [-0.4, -0.2) is 22.9 Å². The van der Waals surface area contributed by atoms with E-state index in [-0.39, 0.29) is 18.0 Å². The van der Waals surface area contributed by atoms with Crippen LogP contribution < -0.4 is 4.74 Å². The number of fused-ring (bicyclic) bond motifs is 1. The minimum atomic E-state index is -0.00274. The van der Waals surface area contributed by atoms with Crippen LogP contribution in [0, 0.1) is 0 Å². The lowest BCUT2D eigenvalue weighted by atomic mass is 9.93. The largest absolute Gasteiger partial charge is 0.488 e. The summed E-state index contributed by atoms with van der Waals surface area (Å²) >= 11 is 0. The Hall–Kier alpha value is -3.59. The highest BCUT2D eigenvalue weighted by atomic mass is 16.5. The van der Waals surface area contributed by atoms with Gasteiger partial charge in [-0.2, -0.15) is 0 Å². The molecule has 3 nitrogen and oxygen atoms in total. The standard InChI is InChI=1S/C30H31NO2/c1-21(2)31(22(3)4)30(32)29-27(33-20-23-12-7-5-8-13-23)19-18-25-16-11-17-26(28(25)29)24-14-9-6-10-15-24/h5-19,21-22H,20H2,1-4H3. The molecule has 0 aliphatic heterocycles. The molecule has 4 aromatic carbocycles. The predicted octanol–water partition coefficient (Wildman–Crippen LogP) is 7.34. The normalized spacial score (nSPS) is 11.2. The van der Waals surface area contributed by atoms with E-state index in [4.69, 9.17) is 4.74 Å². The van der Waals surface area contributed by atoms with Crippen LogP contribution in [0.2, 0.25) is 0 Å². The summed E-state index contributed by atoms with van der Waals surface area (Å²) in [6, 6.07) is 30.6. The molecule has 0 radical (unpaired) electrons. The molecule has 0 aromatic heterocycles. The van der Waals surface area contributed by atoms with Crippen molar-refractivity contribution in [3.05, 3.63) is 102 Å². The maximum absolute atomic E-state index is 14.1. The fraction of sp³-hybridized carbons (Fsp3) is 0.233. The van der Waals surface area contributed by atoms with Gasteiger partial charge in [0.05, 0.1) is 5.56 Å². The first-order chi connectivity index (χ1) is 16.0. The Balaban J connectivity index is 1.93. The van der Waals surface area contributed by atoms with Gasteiger partial charge in [-0.1, -0.05) is 84.9 Å². The maximum Gasteiger partial charge on any atom is 0.258 e. The van der Waals surface area contributed by atoms with Crippen LogP contribution in [0.3, 0.4) is 0 Å². The topological polar surface area (TPSA) is 29.5 Å². The first kappa shape index (κ1) is 22.6. The van der Waals surface area contributed by atoms with Crippen LogP contribution in [0.4, 0.5) is 0 Å². The summed E-state index contributed by atoms with van der Waals surface area (Å²) in [7, 11) is 0. The number of benzene rings is 4. The minimum Gasteiger partial charge on any atom is -0.488 e. The van der Waals surface area contributed by atoms with E-state index in [1.54, 1.807) is 0 Å². The zero-order valence-electron chi connectivity index (χ0n) is 19.8. The Morgan fingerprint density at radius 1 is 0.758 bits per heavy atom. The first-order valence-corrected chi connectivity index (χ1v) is 11.6. The number of ether oxygens (including phenoxy) is 1. The van der Waals surface area contributed by atoms with E-state index in [9.17, 15) is 4.79 Å². The zero-order chi connectivity index (χ0) is 23.4. The van der Waals surface area contributed by atoms with Gasteiger partial charge in [0.15, 0.2) is 0 Å². The van der Waals surface area contributed by atoms with E-state index < -0.39 is 0 Å². The zero-order valence-corrected chi connectivity index (χ0v) is 19.8. The highest BCUT2D eigenvalue weighted by Crippen LogP contribution is 2.37. The second-order valence-electron chi connectivity index (χ2n) is 8.88. The number of carbonyl (C=O) groups excluding carboxylic acids is 1. The fourth-order valence-corrected chi connectivity index (χ4v) is 4.48. The Morgan fingerprint density at radius 3 is 2.03 bits per heavy atom. The molecule has 0 saturated carbocycles. The number of nitrogens with zero attached hydrogens (tertiary/aromatic N) is 1. The molecule has 4 aromatic rings. The van der Waals surface area contributed by atoms with Crippen molar-refractivity contribution in [3.63, 3.8) is 0 Å². The molecular formula is C30H31NO2. The number of carbonyl (C=O) groups is 1. The smallest absolute Gasteiger partial charge is 0.258 e. The van der Waals surface area contributed by atoms with Crippen molar-refractivity contribution in [2.75, 3.05) is 0 Å².